The molecule has 0 heterocycles. The zero-order valence-electron chi connectivity index (χ0n) is 10.7. The fourth-order valence-electron chi connectivity index (χ4n) is 1.79. The smallest absolute Gasteiger partial charge is 0.292 e. The molecule has 0 unspecified atom stereocenters. The number of halogens is 2. The fourth-order valence-corrected chi connectivity index (χ4v) is 1.99. The number of nitro benzene ring substituents is 1. The van der Waals surface area contributed by atoms with E-state index in [1.807, 2.05) is 0 Å². The first-order chi connectivity index (χ1) is 9.47. The minimum absolute atomic E-state index is 0.0122. The Bertz CT molecular complexity index is 662. The van der Waals surface area contributed by atoms with Crippen molar-refractivity contribution in [2.45, 2.75) is 13.5 Å². The summed E-state index contributed by atoms with van der Waals surface area (Å²) in [4.78, 5) is 10.5. The van der Waals surface area contributed by atoms with E-state index >= 15 is 0 Å². The highest BCUT2D eigenvalue weighted by molar-refractivity contribution is 6.30. The van der Waals surface area contributed by atoms with Crippen LogP contribution < -0.4 is 5.32 Å². The minimum atomic E-state index is -0.489. The SMILES string of the molecule is Cc1ccc(NCc2ccc(F)c(Cl)c2)c([N+](=O)[O-])c1. The molecule has 0 aromatic heterocycles. The number of anilines is 1. The van der Waals surface area contributed by atoms with Crippen molar-refractivity contribution in [1.29, 1.82) is 0 Å². The summed E-state index contributed by atoms with van der Waals surface area (Å²) in [6.45, 7) is 2.11. The molecule has 104 valence electrons. The third kappa shape index (κ3) is 3.24. The third-order valence-electron chi connectivity index (χ3n) is 2.82. The van der Waals surface area contributed by atoms with Crippen molar-refractivity contribution >= 4 is 23.0 Å². The van der Waals surface area contributed by atoms with E-state index in [2.05, 4.69) is 5.32 Å². The number of aryl methyl sites for hydroxylation is 1. The van der Waals surface area contributed by atoms with Crippen molar-refractivity contribution < 1.29 is 9.31 Å². The summed E-state index contributed by atoms with van der Waals surface area (Å²) in [6.07, 6.45) is 0. The molecule has 0 saturated heterocycles. The molecule has 0 aliphatic rings. The van der Waals surface area contributed by atoms with Crippen LogP contribution in [0.25, 0.3) is 0 Å². The first-order valence-electron chi connectivity index (χ1n) is 5.90. The Balaban J connectivity index is 2.18. The highest BCUT2D eigenvalue weighted by Crippen LogP contribution is 2.26. The number of hydrogen-bond donors (Lipinski definition) is 1. The van der Waals surface area contributed by atoms with Crippen LogP contribution in [-0.4, -0.2) is 4.92 Å². The van der Waals surface area contributed by atoms with Crippen LogP contribution in [0.5, 0.6) is 0 Å². The number of rotatable bonds is 4. The molecule has 0 amide bonds. The van der Waals surface area contributed by atoms with Gasteiger partial charge in [0.1, 0.15) is 11.5 Å². The monoisotopic (exact) mass is 294 g/mol. The summed E-state index contributed by atoms with van der Waals surface area (Å²) in [5.74, 6) is -0.489. The van der Waals surface area contributed by atoms with E-state index in [-0.39, 0.29) is 10.7 Å². The number of nitro groups is 1. The summed E-state index contributed by atoms with van der Waals surface area (Å²) < 4.78 is 13.0. The maximum atomic E-state index is 13.0. The topological polar surface area (TPSA) is 55.2 Å². The second-order valence-electron chi connectivity index (χ2n) is 4.38. The largest absolute Gasteiger partial charge is 0.375 e. The van der Waals surface area contributed by atoms with Crippen molar-refractivity contribution in [1.82, 2.24) is 0 Å². The van der Waals surface area contributed by atoms with Gasteiger partial charge in [-0.15, -0.1) is 0 Å². The Hall–Kier alpha value is -2.14. The van der Waals surface area contributed by atoms with Crippen LogP contribution in [0.4, 0.5) is 15.8 Å². The van der Waals surface area contributed by atoms with E-state index in [1.165, 1.54) is 18.2 Å². The van der Waals surface area contributed by atoms with Crippen LogP contribution in [0, 0.1) is 22.9 Å². The molecular formula is C14H12ClFN2O2. The zero-order valence-corrected chi connectivity index (χ0v) is 11.4. The molecule has 0 saturated carbocycles. The highest BCUT2D eigenvalue weighted by atomic mass is 35.5. The lowest BCUT2D eigenvalue weighted by Crippen LogP contribution is -2.03. The number of hydrogen-bond acceptors (Lipinski definition) is 3. The average Bonchev–Trinajstić information content (AvgIpc) is 2.41. The van der Waals surface area contributed by atoms with Gasteiger partial charge in [0, 0.05) is 12.6 Å². The fraction of sp³-hybridized carbons (Fsp3) is 0.143. The molecule has 2 aromatic carbocycles. The molecule has 1 N–H and O–H groups in total. The number of nitrogens with zero attached hydrogens (tertiary/aromatic N) is 1. The van der Waals surface area contributed by atoms with E-state index < -0.39 is 10.7 Å². The third-order valence-corrected chi connectivity index (χ3v) is 3.11. The van der Waals surface area contributed by atoms with Gasteiger partial charge < -0.3 is 5.32 Å². The maximum Gasteiger partial charge on any atom is 0.292 e. The van der Waals surface area contributed by atoms with Crippen LogP contribution in [0.1, 0.15) is 11.1 Å². The molecule has 2 aromatic rings. The predicted molar refractivity (Wildman–Crippen MR) is 76.6 cm³/mol. The first-order valence-corrected chi connectivity index (χ1v) is 6.28. The van der Waals surface area contributed by atoms with Gasteiger partial charge in [-0.3, -0.25) is 10.1 Å². The van der Waals surface area contributed by atoms with Gasteiger partial charge in [0.25, 0.3) is 5.69 Å². The van der Waals surface area contributed by atoms with Crippen molar-refractivity contribution in [2.75, 3.05) is 5.32 Å². The van der Waals surface area contributed by atoms with E-state index in [1.54, 1.807) is 25.1 Å². The standard InChI is InChI=1S/C14H12ClFN2O2/c1-9-2-5-13(14(6-9)18(19)20)17-8-10-3-4-12(16)11(15)7-10/h2-7,17H,8H2,1H3. The Morgan fingerprint density at radius 3 is 2.70 bits per heavy atom. The molecule has 2 rings (SSSR count). The molecule has 0 aliphatic carbocycles. The molecule has 0 spiro atoms. The van der Waals surface area contributed by atoms with Gasteiger partial charge in [0.15, 0.2) is 0 Å². The lowest BCUT2D eigenvalue weighted by molar-refractivity contribution is -0.384. The second-order valence-corrected chi connectivity index (χ2v) is 4.79. The van der Waals surface area contributed by atoms with Crippen molar-refractivity contribution in [3.8, 4) is 0 Å². The van der Waals surface area contributed by atoms with E-state index in [0.29, 0.717) is 12.2 Å². The molecule has 0 radical (unpaired) electrons. The molecule has 0 aliphatic heterocycles. The minimum Gasteiger partial charge on any atom is -0.375 e. The normalized spacial score (nSPS) is 10.3. The lowest BCUT2D eigenvalue weighted by atomic mass is 10.1. The van der Waals surface area contributed by atoms with Crippen LogP contribution >= 0.6 is 11.6 Å². The Kier molecular flexibility index (Phi) is 4.20. The van der Waals surface area contributed by atoms with Crippen molar-refractivity contribution in [3.05, 3.63) is 68.5 Å². The van der Waals surface area contributed by atoms with Gasteiger partial charge >= 0.3 is 0 Å². The van der Waals surface area contributed by atoms with Gasteiger partial charge in [0.05, 0.1) is 9.95 Å². The van der Waals surface area contributed by atoms with E-state index in [9.17, 15) is 14.5 Å². The van der Waals surface area contributed by atoms with Gasteiger partial charge in [-0.25, -0.2) is 4.39 Å². The van der Waals surface area contributed by atoms with Gasteiger partial charge in [-0.1, -0.05) is 23.7 Å². The molecular weight excluding hydrogens is 283 g/mol. The molecule has 0 atom stereocenters. The van der Waals surface area contributed by atoms with Crippen LogP contribution in [0.15, 0.2) is 36.4 Å². The summed E-state index contributed by atoms with van der Waals surface area (Å²) in [5.41, 5.74) is 1.98. The van der Waals surface area contributed by atoms with Gasteiger partial charge in [0.2, 0.25) is 0 Å². The summed E-state index contributed by atoms with van der Waals surface area (Å²) in [5, 5.41) is 14.0. The molecule has 0 bridgehead atoms. The van der Waals surface area contributed by atoms with E-state index in [4.69, 9.17) is 11.6 Å². The lowest BCUT2D eigenvalue weighted by Gasteiger charge is -2.08. The highest BCUT2D eigenvalue weighted by Gasteiger charge is 2.13. The number of nitrogens with one attached hydrogen (secondary N) is 1. The Labute approximate surface area is 120 Å². The second kappa shape index (κ2) is 5.88. The van der Waals surface area contributed by atoms with Crippen LogP contribution in [-0.2, 0) is 6.54 Å². The van der Waals surface area contributed by atoms with Gasteiger partial charge in [-0.2, -0.15) is 0 Å². The van der Waals surface area contributed by atoms with E-state index in [0.717, 1.165) is 11.1 Å². The molecule has 0 fully saturated rings. The zero-order chi connectivity index (χ0) is 14.7. The van der Waals surface area contributed by atoms with Crippen LogP contribution in [0.3, 0.4) is 0 Å². The van der Waals surface area contributed by atoms with Crippen molar-refractivity contribution in [3.63, 3.8) is 0 Å². The van der Waals surface area contributed by atoms with Crippen LogP contribution in [0.2, 0.25) is 5.02 Å². The Morgan fingerprint density at radius 2 is 2.05 bits per heavy atom. The molecule has 20 heavy (non-hydrogen) atoms. The first kappa shape index (κ1) is 14.3. The summed E-state index contributed by atoms with van der Waals surface area (Å²) >= 11 is 5.69. The Morgan fingerprint density at radius 1 is 1.30 bits per heavy atom. The predicted octanol–water partition coefficient (Wildman–Crippen LogP) is 4.31. The molecule has 4 nitrogen and oxygen atoms in total. The molecule has 6 heteroatoms. The van der Waals surface area contributed by atoms with Crippen molar-refractivity contribution in [2.24, 2.45) is 0 Å². The quantitative estimate of drug-likeness (QED) is 0.675. The average molecular weight is 295 g/mol. The summed E-state index contributed by atoms with van der Waals surface area (Å²) in [6, 6.07) is 9.27. The van der Waals surface area contributed by atoms with Gasteiger partial charge in [-0.05, 0) is 36.2 Å². The maximum absolute atomic E-state index is 13.0. The summed E-state index contributed by atoms with van der Waals surface area (Å²) in [7, 11) is 0. The number of benzene rings is 2.